The third kappa shape index (κ3) is 5.64. The zero-order chi connectivity index (χ0) is 24.9. The van der Waals surface area contributed by atoms with Gasteiger partial charge in [0, 0.05) is 49.3 Å². The molecule has 4 aromatic rings. The molecule has 0 saturated heterocycles. The van der Waals surface area contributed by atoms with Gasteiger partial charge >= 0.3 is 0 Å². The van der Waals surface area contributed by atoms with Crippen molar-refractivity contribution in [2.24, 2.45) is 0 Å². The van der Waals surface area contributed by atoms with Crippen molar-refractivity contribution in [2.75, 3.05) is 49.8 Å². The van der Waals surface area contributed by atoms with Gasteiger partial charge in [-0.2, -0.15) is 4.98 Å². The summed E-state index contributed by atoms with van der Waals surface area (Å²) in [5.41, 5.74) is 3.55. The second-order valence-electron chi connectivity index (χ2n) is 8.41. The lowest BCUT2D eigenvalue weighted by Gasteiger charge is -2.24. The highest BCUT2D eigenvalue weighted by Gasteiger charge is 2.13. The average molecular weight is 474 g/mol. The molecule has 35 heavy (non-hydrogen) atoms. The standard InChI is InChI=1S/C26H28FN7O/c1-5-24(35)30-22-16-20(9-10-23(22)33(4)14-13-32(2)3)29-26-28-17-18-11-12-34(25(18)31-26)21-8-6-7-19(27)15-21/h5-12,15-17H,1,13-14H2,2-4H3,(H,30,35)(H,28,29,31). The molecule has 2 aromatic heterocycles. The van der Waals surface area contributed by atoms with Gasteiger partial charge in [0.2, 0.25) is 11.9 Å². The van der Waals surface area contributed by atoms with Gasteiger partial charge in [-0.05, 0) is 62.6 Å². The topological polar surface area (TPSA) is 78.3 Å². The summed E-state index contributed by atoms with van der Waals surface area (Å²) in [6.07, 6.45) is 4.78. The fourth-order valence-corrected chi connectivity index (χ4v) is 3.64. The van der Waals surface area contributed by atoms with Gasteiger partial charge in [0.1, 0.15) is 11.5 Å². The number of hydrogen-bond acceptors (Lipinski definition) is 6. The quantitative estimate of drug-likeness (QED) is 0.350. The predicted molar refractivity (Wildman–Crippen MR) is 139 cm³/mol. The fraction of sp³-hybridized carbons (Fsp3) is 0.192. The molecule has 1 amide bonds. The smallest absolute Gasteiger partial charge is 0.247 e. The van der Waals surface area contributed by atoms with Crippen LogP contribution in [-0.4, -0.2) is 59.6 Å². The van der Waals surface area contributed by atoms with Crippen LogP contribution in [0.3, 0.4) is 0 Å². The Morgan fingerprint density at radius 3 is 2.71 bits per heavy atom. The van der Waals surface area contributed by atoms with Crippen LogP contribution in [0.2, 0.25) is 0 Å². The monoisotopic (exact) mass is 473 g/mol. The Hall–Kier alpha value is -4.24. The van der Waals surface area contributed by atoms with Crippen molar-refractivity contribution in [3.8, 4) is 5.69 Å². The number of benzene rings is 2. The van der Waals surface area contributed by atoms with Crippen molar-refractivity contribution in [3.05, 3.63) is 79.4 Å². The Bertz CT molecular complexity index is 1370. The van der Waals surface area contributed by atoms with Crippen LogP contribution in [-0.2, 0) is 4.79 Å². The number of nitrogens with one attached hydrogen (secondary N) is 2. The average Bonchev–Trinajstić information content (AvgIpc) is 3.26. The zero-order valence-corrected chi connectivity index (χ0v) is 20.0. The van der Waals surface area contributed by atoms with E-state index in [-0.39, 0.29) is 11.7 Å². The molecule has 0 unspecified atom stereocenters. The maximum atomic E-state index is 13.8. The van der Waals surface area contributed by atoms with Gasteiger partial charge in [-0.25, -0.2) is 9.37 Å². The number of nitrogens with zero attached hydrogens (tertiary/aromatic N) is 5. The van der Waals surface area contributed by atoms with E-state index in [1.54, 1.807) is 12.3 Å². The molecule has 8 nitrogen and oxygen atoms in total. The number of aromatic nitrogens is 3. The zero-order valence-electron chi connectivity index (χ0n) is 20.0. The lowest BCUT2D eigenvalue weighted by Crippen LogP contribution is -2.29. The number of halogens is 1. The summed E-state index contributed by atoms with van der Waals surface area (Å²) in [6, 6.07) is 13.9. The van der Waals surface area contributed by atoms with Crippen LogP contribution in [0.5, 0.6) is 0 Å². The highest BCUT2D eigenvalue weighted by molar-refractivity contribution is 6.01. The van der Waals surface area contributed by atoms with Crippen LogP contribution < -0.4 is 15.5 Å². The molecular formula is C26H28FN7O. The number of carbonyl (C=O) groups is 1. The molecular weight excluding hydrogens is 445 g/mol. The van der Waals surface area contributed by atoms with Gasteiger partial charge in [0.05, 0.1) is 11.4 Å². The molecule has 0 atom stereocenters. The summed E-state index contributed by atoms with van der Waals surface area (Å²) < 4.78 is 15.6. The molecule has 0 radical (unpaired) electrons. The summed E-state index contributed by atoms with van der Waals surface area (Å²) in [5, 5.41) is 6.92. The molecule has 4 rings (SSSR count). The number of fused-ring (bicyclic) bond motifs is 1. The number of likely N-dealkylation sites (N-methyl/N-ethyl adjacent to an activating group) is 2. The van der Waals surface area contributed by atoms with Crippen molar-refractivity contribution >= 4 is 40.0 Å². The molecule has 2 heterocycles. The maximum absolute atomic E-state index is 13.8. The highest BCUT2D eigenvalue weighted by Crippen LogP contribution is 2.30. The van der Waals surface area contributed by atoms with Crippen LogP contribution in [0.4, 0.5) is 27.4 Å². The second-order valence-corrected chi connectivity index (χ2v) is 8.41. The van der Waals surface area contributed by atoms with E-state index in [0.29, 0.717) is 28.7 Å². The van der Waals surface area contributed by atoms with Crippen LogP contribution in [0, 0.1) is 5.82 Å². The first-order valence-electron chi connectivity index (χ1n) is 11.1. The van der Waals surface area contributed by atoms with Gasteiger partial charge in [0.15, 0.2) is 0 Å². The van der Waals surface area contributed by atoms with E-state index in [2.05, 4.69) is 37.0 Å². The van der Waals surface area contributed by atoms with Crippen LogP contribution >= 0.6 is 0 Å². The number of rotatable bonds is 9. The van der Waals surface area contributed by atoms with Gasteiger partial charge in [-0.3, -0.25) is 4.79 Å². The fourth-order valence-electron chi connectivity index (χ4n) is 3.64. The van der Waals surface area contributed by atoms with Crippen molar-refractivity contribution in [1.82, 2.24) is 19.4 Å². The van der Waals surface area contributed by atoms with Crippen LogP contribution in [0.15, 0.2) is 73.6 Å². The minimum Gasteiger partial charge on any atom is -0.372 e. The molecule has 0 aliphatic rings. The third-order valence-electron chi connectivity index (χ3n) is 5.50. The van der Waals surface area contributed by atoms with Crippen molar-refractivity contribution in [3.63, 3.8) is 0 Å². The Morgan fingerprint density at radius 2 is 1.97 bits per heavy atom. The van der Waals surface area contributed by atoms with Crippen molar-refractivity contribution < 1.29 is 9.18 Å². The molecule has 180 valence electrons. The molecule has 0 fully saturated rings. The summed E-state index contributed by atoms with van der Waals surface area (Å²) in [5.74, 6) is -0.236. The van der Waals surface area contributed by atoms with E-state index in [9.17, 15) is 9.18 Å². The van der Waals surface area contributed by atoms with E-state index in [0.717, 1.165) is 24.2 Å². The predicted octanol–water partition coefficient (Wildman–Crippen LogP) is 4.43. The summed E-state index contributed by atoms with van der Waals surface area (Å²) in [7, 11) is 6.01. The number of hydrogen-bond donors (Lipinski definition) is 2. The van der Waals surface area contributed by atoms with Gasteiger partial charge in [-0.1, -0.05) is 12.6 Å². The molecule has 2 N–H and O–H groups in total. The first kappa shape index (κ1) is 23.9. The van der Waals surface area contributed by atoms with Crippen molar-refractivity contribution in [2.45, 2.75) is 0 Å². The summed E-state index contributed by atoms with van der Waals surface area (Å²) in [6.45, 7) is 5.20. The van der Waals surface area contributed by atoms with Gasteiger partial charge in [-0.15, -0.1) is 0 Å². The molecule has 0 spiro atoms. The largest absolute Gasteiger partial charge is 0.372 e. The van der Waals surface area contributed by atoms with E-state index in [1.165, 1.54) is 18.2 Å². The third-order valence-corrected chi connectivity index (χ3v) is 5.50. The molecule has 0 saturated carbocycles. The number of amides is 1. The van der Waals surface area contributed by atoms with Gasteiger partial charge in [0.25, 0.3) is 0 Å². The minimum atomic E-state index is -0.318. The number of anilines is 4. The molecule has 9 heteroatoms. The molecule has 0 aliphatic carbocycles. The van der Waals surface area contributed by atoms with E-state index < -0.39 is 0 Å². The second kappa shape index (κ2) is 10.4. The maximum Gasteiger partial charge on any atom is 0.247 e. The van der Waals surface area contributed by atoms with E-state index >= 15 is 0 Å². The molecule has 0 bridgehead atoms. The Balaban J connectivity index is 1.64. The van der Waals surface area contributed by atoms with Gasteiger partial charge < -0.3 is 25.0 Å². The Morgan fingerprint density at radius 1 is 1.14 bits per heavy atom. The molecule has 2 aromatic carbocycles. The minimum absolute atomic E-state index is 0.296. The first-order chi connectivity index (χ1) is 16.8. The van der Waals surface area contributed by atoms with E-state index in [1.807, 2.05) is 62.2 Å². The lowest BCUT2D eigenvalue weighted by molar-refractivity contribution is -0.111. The van der Waals surface area contributed by atoms with Crippen LogP contribution in [0.1, 0.15) is 0 Å². The van der Waals surface area contributed by atoms with Crippen LogP contribution in [0.25, 0.3) is 16.7 Å². The lowest BCUT2D eigenvalue weighted by atomic mass is 10.2. The van der Waals surface area contributed by atoms with E-state index in [4.69, 9.17) is 0 Å². The highest BCUT2D eigenvalue weighted by atomic mass is 19.1. The summed E-state index contributed by atoms with van der Waals surface area (Å²) in [4.78, 5) is 25.3. The Labute approximate surface area is 203 Å². The Kier molecular flexibility index (Phi) is 7.07. The molecule has 0 aliphatic heterocycles. The summed E-state index contributed by atoms with van der Waals surface area (Å²) >= 11 is 0. The number of carbonyl (C=O) groups excluding carboxylic acids is 1. The normalized spacial score (nSPS) is 11.0. The first-order valence-corrected chi connectivity index (χ1v) is 11.1. The van der Waals surface area contributed by atoms with Crippen molar-refractivity contribution in [1.29, 1.82) is 0 Å². The SMILES string of the molecule is C=CC(=O)Nc1cc(Nc2ncc3ccn(-c4cccc(F)c4)c3n2)ccc1N(C)CCN(C)C.